The van der Waals surface area contributed by atoms with Gasteiger partial charge in [0.1, 0.15) is 0 Å². The van der Waals surface area contributed by atoms with Crippen molar-refractivity contribution in [3.05, 3.63) is 65.7 Å². The van der Waals surface area contributed by atoms with Crippen molar-refractivity contribution in [3.63, 3.8) is 0 Å². The summed E-state index contributed by atoms with van der Waals surface area (Å²) in [5, 5.41) is 5.69. The third-order valence-electron chi connectivity index (χ3n) is 4.43. The SMILES string of the molecule is Cc1cccc(C2NNCC2C(=O)NCCC(=O)Nc2ccccc2)c1. The lowest BCUT2D eigenvalue weighted by Crippen LogP contribution is -2.36. The summed E-state index contributed by atoms with van der Waals surface area (Å²) in [4.78, 5) is 24.5. The van der Waals surface area contributed by atoms with Gasteiger partial charge in [-0.15, -0.1) is 0 Å². The molecule has 0 bridgehead atoms. The quantitative estimate of drug-likeness (QED) is 0.640. The molecular formula is C20H24N4O2. The number of rotatable bonds is 6. The van der Waals surface area contributed by atoms with E-state index in [4.69, 9.17) is 0 Å². The lowest BCUT2D eigenvalue weighted by molar-refractivity contribution is -0.125. The van der Waals surface area contributed by atoms with Gasteiger partial charge in [0.15, 0.2) is 0 Å². The third kappa shape index (κ3) is 4.68. The van der Waals surface area contributed by atoms with Gasteiger partial charge in [0, 0.05) is 25.2 Å². The standard InChI is InChI=1S/C20H24N4O2/c1-14-6-5-7-15(12-14)19-17(13-22-24-19)20(26)21-11-10-18(25)23-16-8-3-2-4-9-16/h2-9,12,17,19,22,24H,10-11,13H2,1H3,(H,21,26)(H,23,25). The van der Waals surface area contributed by atoms with E-state index in [1.807, 2.05) is 55.5 Å². The lowest BCUT2D eigenvalue weighted by Gasteiger charge is -2.19. The number of hydrogen-bond donors (Lipinski definition) is 4. The van der Waals surface area contributed by atoms with E-state index in [1.54, 1.807) is 0 Å². The van der Waals surface area contributed by atoms with Crippen molar-refractivity contribution < 1.29 is 9.59 Å². The number of hydrogen-bond acceptors (Lipinski definition) is 4. The van der Waals surface area contributed by atoms with Gasteiger partial charge in [-0.25, -0.2) is 5.43 Å². The molecule has 0 aliphatic carbocycles. The first kappa shape index (κ1) is 18.1. The molecular weight excluding hydrogens is 328 g/mol. The molecule has 1 saturated heterocycles. The highest BCUT2D eigenvalue weighted by molar-refractivity contribution is 5.91. The summed E-state index contributed by atoms with van der Waals surface area (Å²) in [6, 6.07) is 17.3. The minimum absolute atomic E-state index is 0.0542. The van der Waals surface area contributed by atoms with Crippen LogP contribution in [0.1, 0.15) is 23.6 Å². The fourth-order valence-corrected chi connectivity index (χ4v) is 3.10. The van der Waals surface area contributed by atoms with Gasteiger partial charge in [-0.3, -0.25) is 15.0 Å². The van der Waals surface area contributed by atoms with Crippen molar-refractivity contribution >= 4 is 17.5 Å². The zero-order chi connectivity index (χ0) is 18.4. The summed E-state index contributed by atoms with van der Waals surface area (Å²) in [5.41, 5.74) is 9.23. The molecule has 1 aliphatic rings. The Hall–Kier alpha value is -2.70. The number of carbonyl (C=O) groups excluding carboxylic acids is 2. The van der Waals surface area contributed by atoms with Crippen LogP contribution < -0.4 is 21.5 Å². The van der Waals surface area contributed by atoms with Crippen LogP contribution >= 0.6 is 0 Å². The van der Waals surface area contributed by atoms with Gasteiger partial charge < -0.3 is 10.6 Å². The molecule has 2 aromatic carbocycles. The van der Waals surface area contributed by atoms with Gasteiger partial charge in [0.25, 0.3) is 0 Å². The number of anilines is 1. The van der Waals surface area contributed by atoms with Gasteiger partial charge in [0.05, 0.1) is 12.0 Å². The predicted molar refractivity (Wildman–Crippen MR) is 101 cm³/mol. The van der Waals surface area contributed by atoms with E-state index in [0.29, 0.717) is 13.1 Å². The minimum Gasteiger partial charge on any atom is -0.355 e. The van der Waals surface area contributed by atoms with Crippen LogP contribution in [0.5, 0.6) is 0 Å². The largest absolute Gasteiger partial charge is 0.355 e. The Morgan fingerprint density at radius 3 is 2.69 bits per heavy atom. The molecule has 0 saturated carbocycles. The number of benzene rings is 2. The predicted octanol–water partition coefficient (Wildman–Crippen LogP) is 1.91. The molecule has 4 N–H and O–H groups in total. The molecule has 1 heterocycles. The van der Waals surface area contributed by atoms with Crippen LogP contribution in [0.2, 0.25) is 0 Å². The Morgan fingerprint density at radius 1 is 1.12 bits per heavy atom. The topological polar surface area (TPSA) is 82.3 Å². The molecule has 0 radical (unpaired) electrons. The molecule has 0 spiro atoms. The summed E-state index contributed by atoms with van der Waals surface area (Å²) < 4.78 is 0. The van der Waals surface area contributed by atoms with Gasteiger partial charge in [-0.05, 0) is 24.6 Å². The van der Waals surface area contributed by atoms with Crippen LogP contribution in [-0.4, -0.2) is 24.9 Å². The van der Waals surface area contributed by atoms with Crippen molar-refractivity contribution in [3.8, 4) is 0 Å². The molecule has 136 valence electrons. The Labute approximate surface area is 153 Å². The Morgan fingerprint density at radius 2 is 1.92 bits per heavy atom. The number of hydrazine groups is 1. The van der Waals surface area contributed by atoms with Crippen molar-refractivity contribution in [1.82, 2.24) is 16.2 Å². The van der Waals surface area contributed by atoms with Crippen LogP contribution in [-0.2, 0) is 9.59 Å². The highest BCUT2D eigenvalue weighted by Gasteiger charge is 2.33. The Balaban J connectivity index is 1.49. The summed E-state index contributed by atoms with van der Waals surface area (Å²) in [6.07, 6.45) is 0.239. The van der Waals surface area contributed by atoms with E-state index in [2.05, 4.69) is 27.6 Å². The molecule has 1 fully saturated rings. The molecule has 3 rings (SSSR count). The summed E-state index contributed by atoms with van der Waals surface area (Å²) in [5.74, 6) is -0.384. The molecule has 0 aromatic heterocycles. The lowest BCUT2D eigenvalue weighted by atomic mass is 9.93. The Kier molecular flexibility index (Phi) is 5.99. The second kappa shape index (κ2) is 8.60. The van der Waals surface area contributed by atoms with Crippen LogP contribution in [0.15, 0.2) is 54.6 Å². The van der Waals surface area contributed by atoms with Crippen LogP contribution in [0.4, 0.5) is 5.69 Å². The minimum atomic E-state index is -0.214. The summed E-state index contributed by atoms with van der Waals surface area (Å²) in [6.45, 7) is 2.90. The molecule has 1 aliphatic heterocycles. The maximum Gasteiger partial charge on any atom is 0.226 e. The maximum absolute atomic E-state index is 12.5. The third-order valence-corrected chi connectivity index (χ3v) is 4.43. The fourth-order valence-electron chi connectivity index (χ4n) is 3.10. The molecule has 6 heteroatoms. The number of para-hydroxylation sites is 1. The summed E-state index contributed by atoms with van der Waals surface area (Å²) in [7, 11) is 0. The molecule has 26 heavy (non-hydrogen) atoms. The maximum atomic E-state index is 12.5. The van der Waals surface area contributed by atoms with Crippen LogP contribution in [0, 0.1) is 12.8 Å². The first-order valence-electron chi connectivity index (χ1n) is 8.81. The van der Waals surface area contributed by atoms with Gasteiger partial charge in [-0.2, -0.15) is 0 Å². The van der Waals surface area contributed by atoms with Crippen molar-refractivity contribution in [1.29, 1.82) is 0 Å². The monoisotopic (exact) mass is 352 g/mol. The molecule has 2 amide bonds. The zero-order valence-electron chi connectivity index (χ0n) is 14.8. The zero-order valence-corrected chi connectivity index (χ0v) is 14.8. The van der Waals surface area contributed by atoms with Crippen LogP contribution in [0.25, 0.3) is 0 Å². The van der Waals surface area contributed by atoms with Crippen molar-refractivity contribution in [2.24, 2.45) is 5.92 Å². The molecule has 2 aromatic rings. The van der Waals surface area contributed by atoms with Gasteiger partial charge in [-0.1, -0.05) is 48.0 Å². The smallest absolute Gasteiger partial charge is 0.226 e. The average Bonchev–Trinajstić information content (AvgIpc) is 3.12. The van der Waals surface area contributed by atoms with Crippen molar-refractivity contribution in [2.45, 2.75) is 19.4 Å². The van der Waals surface area contributed by atoms with Crippen molar-refractivity contribution in [2.75, 3.05) is 18.4 Å². The number of carbonyl (C=O) groups is 2. The normalized spacial score (nSPS) is 19.1. The van der Waals surface area contributed by atoms with E-state index in [0.717, 1.165) is 16.8 Å². The van der Waals surface area contributed by atoms with E-state index in [-0.39, 0.29) is 30.2 Å². The molecule has 6 nitrogen and oxygen atoms in total. The van der Waals surface area contributed by atoms with Gasteiger partial charge >= 0.3 is 0 Å². The second-order valence-corrected chi connectivity index (χ2v) is 6.48. The van der Waals surface area contributed by atoms with E-state index in [1.165, 1.54) is 0 Å². The van der Waals surface area contributed by atoms with Gasteiger partial charge in [0.2, 0.25) is 11.8 Å². The summed E-state index contributed by atoms with van der Waals surface area (Å²) >= 11 is 0. The number of aryl methyl sites for hydroxylation is 1. The first-order chi connectivity index (χ1) is 12.6. The highest BCUT2D eigenvalue weighted by Crippen LogP contribution is 2.25. The average molecular weight is 352 g/mol. The van der Waals surface area contributed by atoms with E-state index >= 15 is 0 Å². The van der Waals surface area contributed by atoms with Crippen LogP contribution in [0.3, 0.4) is 0 Å². The number of nitrogens with one attached hydrogen (secondary N) is 4. The van der Waals surface area contributed by atoms with E-state index < -0.39 is 0 Å². The Bertz CT molecular complexity index is 763. The highest BCUT2D eigenvalue weighted by atomic mass is 16.2. The van der Waals surface area contributed by atoms with E-state index in [9.17, 15) is 9.59 Å². The number of amides is 2. The fraction of sp³-hybridized carbons (Fsp3) is 0.300. The first-order valence-corrected chi connectivity index (χ1v) is 8.81. The molecule has 2 unspecified atom stereocenters. The second-order valence-electron chi connectivity index (χ2n) is 6.48. The molecule has 2 atom stereocenters.